The van der Waals surface area contributed by atoms with Crippen molar-refractivity contribution in [3.63, 3.8) is 0 Å². The highest BCUT2D eigenvalue weighted by molar-refractivity contribution is 7.85. The summed E-state index contributed by atoms with van der Waals surface area (Å²) in [6.45, 7) is 2.60. The Morgan fingerprint density at radius 1 is 1.64 bits per heavy atom. The molecule has 3 unspecified atom stereocenters. The van der Waals surface area contributed by atoms with Gasteiger partial charge in [-0.2, -0.15) is 0 Å². The van der Waals surface area contributed by atoms with Crippen molar-refractivity contribution in [3.05, 3.63) is 0 Å². The molecular weight excluding hydrogens is 204 g/mol. The molecule has 1 aliphatic heterocycles. The SMILES string of the molecule is CC1OCCC1S(=O)CCCC(=O)O. The normalized spacial score (nSPS) is 28.9. The Kier molecular flexibility index (Phi) is 4.54. The molecule has 0 spiro atoms. The largest absolute Gasteiger partial charge is 0.481 e. The molecule has 0 aliphatic carbocycles. The van der Waals surface area contributed by atoms with Crippen LogP contribution < -0.4 is 0 Å². The van der Waals surface area contributed by atoms with Crippen LogP contribution in [0.1, 0.15) is 26.2 Å². The van der Waals surface area contributed by atoms with Crippen LogP contribution >= 0.6 is 0 Å². The van der Waals surface area contributed by atoms with Crippen molar-refractivity contribution in [2.75, 3.05) is 12.4 Å². The van der Waals surface area contributed by atoms with Gasteiger partial charge < -0.3 is 9.84 Å². The molecule has 1 rings (SSSR count). The first kappa shape index (κ1) is 11.7. The second-order valence-electron chi connectivity index (χ2n) is 3.49. The Hall–Kier alpha value is -0.420. The van der Waals surface area contributed by atoms with Crippen LogP contribution in [0, 0.1) is 0 Å². The molecule has 0 saturated carbocycles. The van der Waals surface area contributed by atoms with Gasteiger partial charge in [0.05, 0.1) is 11.4 Å². The second-order valence-corrected chi connectivity index (χ2v) is 5.26. The molecule has 82 valence electrons. The Morgan fingerprint density at radius 2 is 2.36 bits per heavy atom. The van der Waals surface area contributed by atoms with Gasteiger partial charge in [-0.25, -0.2) is 0 Å². The average Bonchev–Trinajstić information content (AvgIpc) is 2.50. The molecule has 0 amide bonds. The van der Waals surface area contributed by atoms with E-state index < -0.39 is 16.8 Å². The molecule has 1 saturated heterocycles. The number of carboxylic acids is 1. The fourth-order valence-electron chi connectivity index (χ4n) is 1.57. The zero-order valence-corrected chi connectivity index (χ0v) is 9.09. The molecule has 5 heteroatoms. The van der Waals surface area contributed by atoms with Crippen LogP contribution in [0.5, 0.6) is 0 Å². The Bertz CT molecular complexity index is 229. The molecule has 1 aliphatic rings. The van der Waals surface area contributed by atoms with Gasteiger partial charge in [0.25, 0.3) is 0 Å². The van der Waals surface area contributed by atoms with Crippen molar-refractivity contribution in [3.8, 4) is 0 Å². The summed E-state index contributed by atoms with van der Waals surface area (Å²) in [5.41, 5.74) is 0. The third kappa shape index (κ3) is 3.38. The van der Waals surface area contributed by atoms with E-state index >= 15 is 0 Å². The molecule has 1 fully saturated rings. The van der Waals surface area contributed by atoms with E-state index in [0.717, 1.165) is 6.42 Å². The summed E-state index contributed by atoms with van der Waals surface area (Å²) in [5, 5.41) is 8.52. The van der Waals surface area contributed by atoms with E-state index in [1.165, 1.54) is 0 Å². The zero-order valence-electron chi connectivity index (χ0n) is 8.27. The van der Waals surface area contributed by atoms with Gasteiger partial charge >= 0.3 is 5.97 Å². The summed E-state index contributed by atoms with van der Waals surface area (Å²) in [5.74, 6) is -0.345. The van der Waals surface area contributed by atoms with Crippen LogP contribution in [0.2, 0.25) is 0 Å². The summed E-state index contributed by atoms with van der Waals surface area (Å²) in [6.07, 6.45) is 1.49. The quantitative estimate of drug-likeness (QED) is 0.743. The van der Waals surface area contributed by atoms with Crippen molar-refractivity contribution in [2.45, 2.75) is 37.5 Å². The highest BCUT2D eigenvalue weighted by atomic mass is 32.2. The molecule has 1 N–H and O–H groups in total. The highest BCUT2D eigenvalue weighted by Crippen LogP contribution is 2.19. The van der Waals surface area contributed by atoms with Gasteiger partial charge in [0, 0.05) is 29.6 Å². The number of carbonyl (C=O) groups is 1. The lowest BCUT2D eigenvalue weighted by atomic mass is 10.3. The van der Waals surface area contributed by atoms with E-state index in [0.29, 0.717) is 18.8 Å². The minimum atomic E-state index is -0.930. The standard InChI is InChI=1S/C9H16O4S/c1-7-8(4-5-13-7)14(12)6-2-3-9(10)11/h7-8H,2-6H2,1H3,(H,10,11). The highest BCUT2D eigenvalue weighted by Gasteiger charge is 2.29. The lowest BCUT2D eigenvalue weighted by Crippen LogP contribution is -2.25. The van der Waals surface area contributed by atoms with Crippen molar-refractivity contribution in [1.29, 1.82) is 0 Å². The number of carboxylic acid groups (broad SMARTS) is 1. The van der Waals surface area contributed by atoms with E-state index in [4.69, 9.17) is 9.84 Å². The number of rotatable bonds is 5. The van der Waals surface area contributed by atoms with Gasteiger partial charge in [-0.05, 0) is 19.8 Å². The summed E-state index contributed by atoms with van der Waals surface area (Å²) in [4.78, 5) is 10.2. The predicted molar refractivity (Wildman–Crippen MR) is 53.7 cm³/mol. The Balaban J connectivity index is 2.24. The summed E-state index contributed by atoms with van der Waals surface area (Å²) < 4.78 is 17.0. The lowest BCUT2D eigenvalue weighted by molar-refractivity contribution is -0.137. The Labute approximate surface area is 86.1 Å². The molecule has 1 heterocycles. The van der Waals surface area contributed by atoms with Crippen LogP contribution in [0.15, 0.2) is 0 Å². The van der Waals surface area contributed by atoms with Crippen LogP contribution in [0.4, 0.5) is 0 Å². The third-order valence-corrected chi connectivity index (χ3v) is 4.37. The molecule has 0 radical (unpaired) electrons. The van der Waals surface area contributed by atoms with Crippen molar-refractivity contribution in [1.82, 2.24) is 0 Å². The average molecular weight is 220 g/mol. The van der Waals surface area contributed by atoms with Gasteiger partial charge in [-0.1, -0.05) is 0 Å². The maximum absolute atomic E-state index is 11.7. The van der Waals surface area contributed by atoms with Gasteiger partial charge in [0.1, 0.15) is 0 Å². The zero-order chi connectivity index (χ0) is 10.6. The number of hydrogen-bond donors (Lipinski definition) is 1. The minimum absolute atomic E-state index is 0.0562. The van der Waals surface area contributed by atoms with E-state index in [9.17, 15) is 9.00 Å². The summed E-state index contributed by atoms with van der Waals surface area (Å²) in [6, 6.07) is 0. The van der Waals surface area contributed by atoms with Crippen LogP contribution in [-0.4, -0.2) is 39.0 Å². The molecule has 14 heavy (non-hydrogen) atoms. The topological polar surface area (TPSA) is 63.6 Å². The van der Waals surface area contributed by atoms with Gasteiger partial charge in [0.2, 0.25) is 0 Å². The first-order valence-corrected chi connectivity index (χ1v) is 6.20. The first-order chi connectivity index (χ1) is 6.61. The summed E-state index contributed by atoms with van der Waals surface area (Å²) >= 11 is 0. The maximum atomic E-state index is 11.7. The number of hydrogen-bond acceptors (Lipinski definition) is 3. The van der Waals surface area contributed by atoms with Crippen molar-refractivity contribution >= 4 is 16.8 Å². The molecule has 4 nitrogen and oxygen atoms in total. The third-order valence-electron chi connectivity index (χ3n) is 2.38. The monoisotopic (exact) mass is 220 g/mol. The van der Waals surface area contributed by atoms with E-state index in [1.807, 2.05) is 6.92 Å². The smallest absolute Gasteiger partial charge is 0.303 e. The first-order valence-electron chi connectivity index (χ1n) is 4.82. The summed E-state index contributed by atoms with van der Waals surface area (Å²) in [7, 11) is -0.930. The molecular formula is C9H16O4S. The van der Waals surface area contributed by atoms with Crippen LogP contribution in [0.3, 0.4) is 0 Å². The molecule has 0 aromatic rings. The maximum Gasteiger partial charge on any atom is 0.303 e. The van der Waals surface area contributed by atoms with Crippen LogP contribution in [0.25, 0.3) is 0 Å². The Morgan fingerprint density at radius 3 is 2.86 bits per heavy atom. The number of ether oxygens (including phenoxy) is 1. The van der Waals surface area contributed by atoms with Gasteiger partial charge in [0.15, 0.2) is 0 Å². The second kappa shape index (κ2) is 5.46. The van der Waals surface area contributed by atoms with E-state index in [2.05, 4.69) is 0 Å². The molecule has 0 bridgehead atoms. The lowest BCUT2D eigenvalue weighted by Gasteiger charge is -2.12. The molecule has 0 aromatic heterocycles. The van der Waals surface area contributed by atoms with Crippen molar-refractivity contribution in [2.24, 2.45) is 0 Å². The minimum Gasteiger partial charge on any atom is -0.481 e. The number of aliphatic carboxylic acids is 1. The van der Waals surface area contributed by atoms with E-state index in [1.54, 1.807) is 0 Å². The van der Waals surface area contributed by atoms with Crippen LogP contribution in [-0.2, 0) is 20.3 Å². The van der Waals surface area contributed by atoms with Crippen molar-refractivity contribution < 1.29 is 18.8 Å². The predicted octanol–water partition coefficient (Wildman–Crippen LogP) is 0.777. The van der Waals surface area contributed by atoms with Gasteiger partial charge in [-0.3, -0.25) is 9.00 Å². The molecule has 3 atom stereocenters. The fraction of sp³-hybridized carbons (Fsp3) is 0.889. The van der Waals surface area contributed by atoms with E-state index in [-0.39, 0.29) is 17.8 Å². The fourth-order valence-corrected chi connectivity index (χ4v) is 3.17. The van der Waals surface area contributed by atoms with Gasteiger partial charge in [-0.15, -0.1) is 0 Å². The molecule has 0 aromatic carbocycles.